The van der Waals surface area contributed by atoms with E-state index in [4.69, 9.17) is 26.3 Å². The fourth-order valence-electron chi connectivity index (χ4n) is 6.28. The van der Waals surface area contributed by atoms with Gasteiger partial charge < -0.3 is 9.30 Å². The maximum atomic E-state index is 6.17. The molecule has 0 saturated heterocycles. The fraction of sp³-hybridized carbons (Fsp3) is 0.222. The minimum absolute atomic E-state index is 0.476. The van der Waals surface area contributed by atoms with E-state index in [1.54, 1.807) is 7.11 Å². The molecular weight excluding hydrogens is 526 g/mol. The number of rotatable bonds is 5. The van der Waals surface area contributed by atoms with Crippen LogP contribution in [0, 0.1) is 5.92 Å². The Hall–Kier alpha value is -4.15. The van der Waals surface area contributed by atoms with Gasteiger partial charge in [-0.25, -0.2) is 9.97 Å². The number of benzene rings is 4. The third-order valence-corrected chi connectivity index (χ3v) is 8.80. The SMILES string of the molecule is COc1ccc(-c2ccc(Cl)cc2)c(-c2ccc3cc(-c4nc5ccccc5n4C4CCC(C)CC4)ccc3n2)c1. The summed E-state index contributed by atoms with van der Waals surface area (Å²) in [7, 11) is 1.69. The first-order valence-corrected chi connectivity index (χ1v) is 14.8. The van der Waals surface area contributed by atoms with Gasteiger partial charge in [0.1, 0.15) is 11.6 Å². The highest BCUT2D eigenvalue weighted by Gasteiger charge is 2.24. The molecule has 2 aromatic heterocycles. The van der Waals surface area contributed by atoms with E-state index < -0.39 is 0 Å². The van der Waals surface area contributed by atoms with Crippen molar-refractivity contribution >= 4 is 33.5 Å². The van der Waals surface area contributed by atoms with Gasteiger partial charge in [-0.05, 0) is 103 Å². The molecule has 204 valence electrons. The van der Waals surface area contributed by atoms with Crippen LogP contribution in [0.25, 0.3) is 55.7 Å². The summed E-state index contributed by atoms with van der Waals surface area (Å²) in [6.07, 6.45) is 4.93. The molecule has 0 radical (unpaired) electrons. The number of ether oxygens (including phenoxy) is 1. The molecular formula is C36H32ClN3O. The van der Waals surface area contributed by atoms with Crippen molar-refractivity contribution in [3.8, 4) is 39.5 Å². The Bertz CT molecular complexity index is 1870. The number of aromatic nitrogens is 3. The number of pyridine rings is 1. The second-order valence-corrected chi connectivity index (χ2v) is 11.7. The first-order valence-electron chi connectivity index (χ1n) is 14.4. The lowest BCUT2D eigenvalue weighted by atomic mass is 9.87. The third kappa shape index (κ3) is 4.87. The van der Waals surface area contributed by atoms with Crippen molar-refractivity contribution in [2.24, 2.45) is 5.92 Å². The van der Waals surface area contributed by atoms with Crippen molar-refractivity contribution in [3.05, 3.63) is 102 Å². The second kappa shape index (κ2) is 10.7. The van der Waals surface area contributed by atoms with E-state index in [1.807, 2.05) is 30.3 Å². The first-order chi connectivity index (χ1) is 20.1. The first kappa shape index (κ1) is 25.8. The van der Waals surface area contributed by atoms with Crippen molar-refractivity contribution in [2.75, 3.05) is 7.11 Å². The highest BCUT2D eigenvalue weighted by atomic mass is 35.5. The molecule has 0 N–H and O–H groups in total. The maximum absolute atomic E-state index is 6.17. The van der Waals surface area contributed by atoms with E-state index >= 15 is 0 Å². The molecule has 2 heterocycles. The Kier molecular flexibility index (Phi) is 6.72. The lowest BCUT2D eigenvalue weighted by molar-refractivity contribution is 0.295. The number of imidazole rings is 1. The van der Waals surface area contributed by atoms with Gasteiger partial charge in [0.25, 0.3) is 0 Å². The van der Waals surface area contributed by atoms with Crippen LogP contribution < -0.4 is 4.74 Å². The number of hydrogen-bond donors (Lipinski definition) is 0. The van der Waals surface area contributed by atoms with Gasteiger partial charge in [-0.2, -0.15) is 0 Å². The number of methoxy groups -OCH3 is 1. The van der Waals surface area contributed by atoms with Gasteiger partial charge >= 0.3 is 0 Å². The summed E-state index contributed by atoms with van der Waals surface area (Å²) < 4.78 is 8.07. The van der Waals surface area contributed by atoms with Gasteiger partial charge in [0, 0.05) is 27.6 Å². The Morgan fingerprint density at radius 2 is 1.51 bits per heavy atom. The number of hydrogen-bond acceptors (Lipinski definition) is 3. The van der Waals surface area contributed by atoms with Gasteiger partial charge in [0.2, 0.25) is 0 Å². The Morgan fingerprint density at radius 1 is 0.732 bits per heavy atom. The second-order valence-electron chi connectivity index (χ2n) is 11.2. The van der Waals surface area contributed by atoms with E-state index in [1.165, 1.54) is 31.2 Å². The minimum Gasteiger partial charge on any atom is -0.497 e. The molecule has 5 heteroatoms. The predicted octanol–water partition coefficient (Wildman–Crippen LogP) is 10.00. The van der Waals surface area contributed by atoms with E-state index in [0.717, 1.165) is 66.9 Å². The maximum Gasteiger partial charge on any atom is 0.141 e. The van der Waals surface area contributed by atoms with Gasteiger partial charge in [-0.15, -0.1) is 0 Å². The van der Waals surface area contributed by atoms with Crippen molar-refractivity contribution in [2.45, 2.75) is 38.6 Å². The summed E-state index contributed by atoms with van der Waals surface area (Å²) in [5.74, 6) is 2.65. The molecule has 6 aromatic rings. The Morgan fingerprint density at radius 3 is 2.32 bits per heavy atom. The van der Waals surface area contributed by atoms with Crippen LogP contribution in [0.15, 0.2) is 97.1 Å². The number of nitrogens with zero attached hydrogens (tertiary/aromatic N) is 3. The third-order valence-electron chi connectivity index (χ3n) is 8.55. The highest BCUT2D eigenvalue weighted by molar-refractivity contribution is 6.30. The fourth-order valence-corrected chi connectivity index (χ4v) is 6.40. The van der Waals surface area contributed by atoms with Gasteiger partial charge in [0.05, 0.1) is 29.4 Å². The lowest BCUT2D eigenvalue weighted by Gasteiger charge is -2.29. The smallest absolute Gasteiger partial charge is 0.141 e. The van der Waals surface area contributed by atoms with Crippen LogP contribution >= 0.6 is 11.6 Å². The average molecular weight is 558 g/mol. The van der Waals surface area contributed by atoms with Crippen molar-refractivity contribution < 1.29 is 4.74 Å². The normalized spacial score (nSPS) is 17.2. The monoisotopic (exact) mass is 557 g/mol. The van der Waals surface area contributed by atoms with Crippen LogP contribution in [0.2, 0.25) is 5.02 Å². The van der Waals surface area contributed by atoms with Gasteiger partial charge in [-0.1, -0.05) is 54.9 Å². The number of para-hydroxylation sites is 2. The molecule has 1 saturated carbocycles. The largest absolute Gasteiger partial charge is 0.497 e. The molecule has 41 heavy (non-hydrogen) atoms. The van der Waals surface area contributed by atoms with Crippen LogP contribution in [0.5, 0.6) is 5.75 Å². The summed E-state index contributed by atoms with van der Waals surface area (Å²) >= 11 is 6.17. The van der Waals surface area contributed by atoms with Crippen LogP contribution in [-0.2, 0) is 0 Å². The zero-order valence-corrected chi connectivity index (χ0v) is 24.1. The van der Waals surface area contributed by atoms with Gasteiger partial charge in [-0.3, -0.25) is 0 Å². The molecule has 7 rings (SSSR count). The summed E-state index contributed by atoms with van der Waals surface area (Å²) in [6.45, 7) is 2.37. The molecule has 1 aliphatic rings. The predicted molar refractivity (Wildman–Crippen MR) is 170 cm³/mol. The number of fused-ring (bicyclic) bond motifs is 2. The molecule has 0 aliphatic heterocycles. The average Bonchev–Trinajstić information content (AvgIpc) is 3.41. The molecule has 1 aliphatic carbocycles. The van der Waals surface area contributed by atoms with Crippen molar-refractivity contribution in [1.82, 2.24) is 14.5 Å². The Balaban J connectivity index is 1.31. The quantitative estimate of drug-likeness (QED) is 0.212. The van der Waals surface area contributed by atoms with Gasteiger partial charge in [0.15, 0.2) is 0 Å². The molecule has 1 fully saturated rings. The molecule has 0 bridgehead atoms. The van der Waals surface area contributed by atoms with Crippen LogP contribution in [0.3, 0.4) is 0 Å². The van der Waals surface area contributed by atoms with Crippen molar-refractivity contribution in [3.63, 3.8) is 0 Å². The summed E-state index contributed by atoms with van der Waals surface area (Å²) in [4.78, 5) is 10.3. The van der Waals surface area contributed by atoms with Crippen molar-refractivity contribution in [1.29, 1.82) is 0 Å². The zero-order chi connectivity index (χ0) is 27.9. The molecule has 0 atom stereocenters. The van der Waals surface area contributed by atoms with Crippen LogP contribution in [0.1, 0.15) is 38.6 Å². The molecule has 4 aromatic carbocycles. The van der Waals surface area contributed by atoms with E-state index in [2.05, 4.69) is 78.2 Å². The molecule has 0 unspecified atom stereocenters. The summed E-state index contributed by atoms with van der Waals surface area (Å²) in [6, 6.07) is 33.9. The zero-order valence-electron chi connectivity index (χ0n) is 23.3. The highest BCUT2D eigenvalue weighted by Crippen LogP contribution is 2.39. The minimum atomic E-state index is 0.476. The van der Waals surface area contributed by atoms with Crippen LogP contribution in [0.4, 0.5) is 0 Å². The van der Waals surface area contributed by atoms with E-state index in [-0.39, 0.29) is 0 Å². The number of halogens is 1. The summed E-state index contributed by atoms with van der Waals surface area (Å²) in [5.41, 5.74) is 8.45. The Labute approximate surface area is 245 Å². The standard InChI is InChI=1S/C36H32ClN3O/c1-23-7-15-28(16-8-23)40-35-6-4-3-5-34(35)39-36(40)26-12-19-32-25(21-26)11-20-33(38-32)31-22-29(41-2)17-18-30(31)24-9-13-27(37)14-10-24/h3-6,9-14,17-23,28H,7-8,15-16H2,1-2H3. The lowest BCUT2D eigenvalue weighted by Crippen LogP contribution is -2.17. The molecule has 0 spiro atoms. The molecule has 0 amide bonds. The van der Waals surface area contributed by atoms with E-state index in [0.29, 0.717) is 6.04 Å². The van der Waals surface area contributed by atoms with Crippen LogP contribution in [-0.4, -0.2) is 21.6 Å². The topological polar surface area (TPSA) is 39.9 Å². The van der Waals surface area contributed by atoms with E-state index in [9.17, 15) is 0 Å². The summed E-state index contributed by atoms with van der Waals surface area (Å²) in [5, 5.41) is 1.81. The molecule has 4 nitrogen and oxygen atoms in total.